The van der Waals surface area contributed by atoms with E-state index < -0.39 is 6.43 Å². The van der Waals surface area contributed by atoms with Crippen LogP contribution in [0.5, 0.6) is 0 Å². The zero-order chi connectivity index (χ0) is 15.7. The third kappa shape index (κ3) is 5.59. The fourth-order valence-electron chi connectivity index (χ4n) is 2.46. The van der Waals surface area contributed by atoms with Crippen molar-refractivity contribution in [2.24, 2.45) is 0 Å². The summed E-state index contributed by atoms with van der Waals surface area (Å²) in [5, 5.41) is 12.6. The summed E-state index contributed by atoms with van der Waals surface area (Å²) >= 11 is 0. The normalized spacial score (nSPS) is 12.7. The van der Waals surface area contributed by atoms with E-state index in [1.165, 1.54) is 0 Å². The molecule has 0 bridgehead atoms. The molecule has 0 aliphatic carbocycles. The number of para-hydroxylation sites is 1. The largest absolute Gasteiger partial charge is 0.395 e. The van der Waals surface area contributed by atoms with Crippen LogP contribution in [0.4, 0.5) is 14.5 Å². The topological polar surface area (TPSA) is 35.5 Å². The first kappa shape index (κ1) is 17.9. The Kier molecular flexibility index (Phi) is 8.23. The van der Waals surface area contributed by atoms with Gasteiger partial charge in [-0.25, -0.2) is 8.78 Å². The van der Waals surface area contributed by atoms with E-state index in [4.69, 9.17) is 5.11 Å². The molecule has 1 aromatic carbocycles. The molecule has 1 atom stereocenters. The summed E-state index contributed by atoms with van der Waals surface area (Å²) < 4.78 is 25.5. The molecule has 0 saturated heterocycles. The van der Waals surface area contributed by atoms with E-state index >= 15 is 0 Å². The lowest BCUT2D eigenvalue weighted by atomic mass is 10.0. The number of hydrogen-bond acceptors (Lipinski definition) is 3. The van der Waals surface area contributed by atoms with Gasteiger partial charge in [0.1, 0.15) is 0 Å². The van der Waals surface area contributed by atoms with Crippen LogP contribution in [-0.2, 0) is 0 Å². The fourth-order valence-corrected chi connectivity index (χ4v) is 2.46. The van der Waals surface area contributed by atoms with Gasteiger partial charge in [0.05, 0.1) is 13.2 Å². The molecule has 0 aliphatic rings. The molecule has 1 aromatic rings. The van der Waals surface area contributed by atoms with Gasteiger partial charge in [-0.05, 0) is 31.0 Å². The number of aliphatic hydroxyl groups is 1. The number of benzene rings is 1. The Morgan fingerprint density at radius 3 is 2.52 bits per heavy atom. The summed E-state index contributed by atoms with van der Waals surface area (Å²) in [7, 11) is 0. The molecule has 21 heavy (non-hydrogen) atoms. The third-order valence-electron chi connectivity index (χ3n) is 3.43. The van der Waals surface area contributed by atoms with Crippen LogP contribution in [0.2, 0.25) is 0 Å². The molecular formula is C16H26F2N2O. The second-order valence-corrected chi connectivity index (χ2v) is 5.03. The summed E-state index contributed by atoms with van der Waals surface area (Å²) in [6, 6.07) is 7.74. The van der Waals surface area contributed by atoms with E-state index in [0.29, 0.717) is 0 Å². The Morgan fingerprint density at radius 1 is 1.24 bits per heavy atom. The minimum absolute atomic E-state index is 0.139. The zero-order valence-electron chi connectivity index (χ0n) is 12.9. The molecule has 1 rings (SSSR count). The number of nitrogens with zero attached hydrogens (tertiary/aromatic N) is 1. The summed E-state index contributed by atoms with van der Waals surface area (Å²) in [5.41, 5.74) is 1.80. The van der Waals surface area contributed by atoms with Gasteiger partial charge in [0.25, 0.3) is 6.43 Å². The van der Waals surface area contributed by atoms with Crippen molar-refractivity contribution >= 4 is 5.69 Å². The van der Waals surface area contributed by atoms with E-state index in [0.717, 1.165) is 30.6 Å². The molecule has 5 heteroatoms. The maximum atomic E-state index is 12.8. The monoisotopic (exact) mass is 300 g/mol. The highest BCUT2D eigenvalue weighted by Gasteiger charge is 2.19. The van der Waals surface area contributed by atoms with Gasteiger partial charge >= 0.3 is 0 Å². The minimum Gasteiger partial charge on any atom is -0.395 e. The SMILES string of the molecule is CCCNC(CC)c1ccccc1N(CCO)CC(F)F. The fraction of sp³-hybridized carbons (Fsp3) is 0.625. The number of rotatable bonds is 10. The Hall–Kier alpha value is -1.20. The molecule has 0 saturated carbocycles. The van der Waals surface area contributed by atoms with Crippen LogP contribution < -0.4 is 10.2 Å². The Morgan fingerprint density at radius 2 is 1.95 bits per heavy atom. The van der Waals surface area contributed by atoms with Gasteiger partial charge in [0, 0.05) is 18.3 Å². The van der Waals surface area contributed by atoms with Crippen LogP contribution in [0, 0.1) is 0 Å². The van der Waals surface area contributed by atoms with Crippen molar-refractivity contribution in [1.82, 2.24) is 5.32 Å². The number of aliphatic hydroxyl groups excluding tert-OH is 1. The quantitative estimate of drug-likeness (QED) is 0.696. The van der Waals surface area contributed by atoms with E-state index in [1.807, 2.05) is 24.3 Å². The van der Waals surface area contributed by atoms with Crippen molar-refractivity contribution in [3.8, 4) is 0 Å². The molecule has 0 radical (unpaired) electrons. The summed E-state index contributed by atoms with van der Waals surface area (Å²) in [5.74, 6) is 0. The summed E-state index contributed by atoms with van der Waals surface area (Å²) in [4.78, 5) is 1.57. The predicted molar refractivity (Wildman–Crippen MR) is 83.1 cm³/mol. The van der Waals surface area contributed by atoms with Crippen LogP contribution in [0.3, 0.4) is 0 Å². The molecule has 0 spiro atoms. The lowest BCUT2D eigenvalue weighted by Gasteiger charge is -2.29. The van der Waals surface area contributed by atoms with Crippen LogP contribution in [0.25, 0.3) is 0 Å². The Bertz CT molecular complexity index is 402. The van der Waals surface area contributed by atoms with Gasteiger partial charge in [-0.15, -0.1) is 0 Å². The van der Waals surface area contributed by atoms with E-state index in [1.54, 1.807) is 4.90 Å². The first-order chi connectivity index (χ1) is 10.1. The van der Waals surface area contributed by atoms with Crippen LogP contribution in [0.15, 0.2) is 24.3 Å². The third-order valence-corrected chi connectivity index (χ3v) is 3.43. The molecule has 0 fully saturated rings. The number of hydrogen-bond donors (Lipinski definition) is 2. The van der Waals surface area contributed by atoms with Gasteiger partial charge in [-0.1, -0.05) is 32.0 Å². The predicted octanol–water partition coefficient (Wildman–Crippen LogP) is 3.20. The van der Waals surface area contributed by atoms with Crippen LogP contribution >= 0.6 is 0 Å². The number of halogens is 2. The molecular weight excluding hydrogens is 274 g/mol. The molecule has 3 nitrogen and oxygen atoms in total. The van der Waals surface area contributed by atoms with Gasteiger partial charge in [0.15, 0.2) is 0 Å². The molecule has 0 amide bonds. The average Bonchev–Trinajstić information content (AvgIpc) is 2.47. The number of alkyl halides is 2. The van der Waals surface area contributed by atoms with Crippen LogP contribution in [0.1, 0.15) is 38.3 Å². The van der Waals surface area contributed by atoms with Crippen molar-refractivity contribution in [2.45, 2.75) is 39.2 Å². The van der Waals surface area contributed by atoms with E-state index in [9.17, 15) is 8.78 Å². The first-order valence-corrected chi connectivity index (χ1v) is 7.60. The smallest absolute Gasteiger partial charge is 0.255 e. The highest BCUT2D eigenvalue weighted by atomic mass is 19.3. The molecule has 0 heterocycles. The van der Waals surface area contributed by atoms with E-state index in [-0.39, 0.29) is 25.7 Å². The highest BCUT2D eigenvalue weighted by molar-refractivity contribution is 5.55. The average molecular weight is 300 g/mol. The maximum Gasteiger partial charge on any atom is 0.255 e. The Labute approximate surface area is 126 Å². The van der Waals surface area contributed by atoms with Gasteiger partial charge in [-0.3, -0.25) is 0 Å². The summed E-state index contributed by atoms with van der Waals surface area (Å²) in [6.45, 7) is 4.78. The van der Waals surface area contributed by atoms with Gasteiger partial charge in [-0.2, -0.15) is 0 Å². The lowest BCUT2D eigenvalue weighted by molar-refractivity contribution is 0.152. The van der Waals surface area contributed by atoms with Crippen LogP contribution in [-0.4, -0.2) is 37.8 Å². The standard InChI is InChI=1S/C16H26F2N2O/c1-3-9-19-14(4-2)13-7-5-6-8-15(13)20(10-11-21)12-16(17)18/h5-8,14,16,19,21H,3-4,9-12H2,1-2H3. The first-order valence-electron chi connectivity index (χ1n) is 7.60. The number of nitrogens with one attached hydrogen (secondary N) is 1. The lowest BCUT2D eigenvalue weighted by Crippen LogP contribution is -2.33. The highest BCUT2D eigenvalue weighted by Crippen LogP contribution is 2.28. The second-order valence-electron chi connectivity index (χ2n) is 5.03. The summed E-state index contributed by atoms with van der Waals surface area (Å²) in [6.07, 6.45) is -0.511. The number of anilines is 1. The molecule has 120 valence electrons. The van der Waals surface area contributed by atoms with Gasteiger partial charge in [0.2, 0.25) is 0 Å². The van der Waals surface area contributed by atoms with Crippen molar-refractivity contribution in [2.75, 3.05) is 31.1 Å². The molecule has 2 N–H and O–H groups in total. The maximum absolute atomic E-state index is 12.8. The second kappa shape index (κ2) is 9.68. The minimum atomic E-state index is -2.42. The molecule has 0 aliphatic heterocycles. The Balaban J connectivity index is 3.03. The zero-order valence-corrected chi connectivity index (χ0v) is 12.9. The van der Waals surface area contributed by atoms with E-state index in [2.05, 4.69) is 19.2 Å². The van der Waals surface area contributed by atoms with Gasteiger partial charge < -0.3 is 15.3 Å². The van der Waals surface area contributed by atoms with Crippen molar-refractivity contribution in [1.29, 1.82) is 0 Å². The van der Waals surface area contributed by atoms with Crippen molar-refractivity contribution in [3.05, 3.63) is 29.8 Å². The van der Waals surface area contributed by atoms with Crippen molar-refractivity contribution < 1.29 is 13.9 Å². The van der Waals surface area contributed by atoms with Crippen molar-refractivity contribution in [3.63, 3.8) is 0 Å². The molecule has 0 aromatic heterocycles. The molecule has 1 unspecified atom stereocenters.